The van der Waals surface area contributed by atoms with Gasteiger partial charge in [0.2, 0.25) is 10.0 Å². The number of amides is 1. The Balaban J connectivity index is 1.75. The number of hydrogen-bond donors (Lipinski definition) is 1. The molecule has 0 radical (unpaired) electrons. The van der Waals surface area contributed by atoms with Crippen molar-refractivity contribution in [2.45, 2.75) is 45.3 Å². The van der Waals surface area contributed by atoms with Crippen molar-refractivity contribution in [2.75, 3.05) is 23.2 Å². The highest BCUT2D eigenvalue weighted by atomic mass is 32.2. The van der Waals surface area contributed by atoms with Gasteiger partial charge in [0.05, 0.1) is 17.5 Å². The van der Waals surface area contributed by atoms with Gasteiger partial charge in [-0.05, 0) is 56.9 Å². The zero-order valence-corrected chi connectivity index (χ0v) is 14.9. The Kier molecular flexibility index (Phi) is 4.83. The molecule has 2 atom stereocenters. The molecule has 1 aromatic carbocycles. The van der Waals surface area contributed by atoms with Gasteiger partial charge in [0, 0.05) is 24.8 Å². The summed E-state index contributed by atoms with van der Waals surface area (Å²) in [6.45, 7) is 4.82. The fourth-order valence-electron chi connectivity index (χ4n) is 3.42. The third-order valence-electron chi connectivity index (χ3n) is 4.67. The second kappa shape index (κ2) is 6.72. The zero-order valence-electron chi connectivity index (χ0n) is 14.1. The highest BCUT2D eigenvalue weighted by molar-refractivity contribution is 7.92. The molecule has 1 amide bonds. The Bertz CT molecular complexity index is 726. The Morgan fingerprint density at radius 3 is 2.88 bits per heavy atom. The minimum atomic E-state index is -3.30. The molecular formula is C17H24N2O4S. The maximum Gasteiger partial charge on any atom is 0.251 e. The van der Waals surface area contributed by atoms with Crippen molar-refractivity contribution >= 4 is 21.6 Å². The normalized spacial score (nSPS) is 23.3. The van der Waals surface area contributed by atoms with Crippen LogP contribution in [0.5, 0.6) is 0 Å². The van der Waals surface area contributed by atoms with Gasteiger partial charge in [-0.15, -0.1) is 0 Å². The van der Waals surface area contributed by atoms with Crippen molar-refractivity contribution in [1.82, 2.24) is 5.32 Å². The fraction of sp³-hybridized carbons (Fsp3) is 0.588. The van der Waals surface area contributed by atoms with Crippen LogP contribution in [0.4, 0.5) is 5.69 Å². The zero-order chi connectivity index (χ0) is 17.3. The Labute approximate surface area is 143 Å². The molecule has 0 saturated carbocycles. The molecule has 3 rings (SSSR count). The summed E-state index contributed by atoms with van der Waals surface area (Å²) in [4.78, 5) is 12.3. The standard InChI is InChI=1S/C17H24N2O4S/c1-3-24(21,22)19-12(2)9-14-10-13(6-7-16(14)19)17(20)18-11-15-5-4-8-23-15/h6-7,10,12,15H,3-5,8-9,11H2,1-2H3,(H,18,20)/t12-,15-/m0/s1. The van der Waals surface area contributed by atoms with Gasteiger partial charge in [0.1, 0.15) is 0 Å². The maximum atomic E-state index is 12.3. The van der Waals surface area contributed by atoms with E-state index in [1.54, 1.807) is 19.1 Å². The Morgan fingerprint density at radius 1 is 1.42 bits per heavy atom. The molecule has 0 unspecified atom stereocenters. The lowest BCUT2D eigenvalue weighted by Gasteiger charge is -2.23. The monoisotopic (exact) mass is 352 g/mol. The van der Waals surface area contributed by atoms with E-state index in [0.717, 1.165) is 25.0 Å². The van der Waals surface area contributed by atoms with Crippen molar-refractivity contribution in [2.24, 2.45) is 0 Å². The van der Waals surface area contributed by atoms with E-state index in [-0.39, 0.29) is 23.8 Å². The molecule has 1 aromatic rings. The number of anilines is 1. The molecule has 1 N–H and O–H groups in total. The summed E-state index contributed by atoms with van der Waals surface area (Å²) < 4.78 is 31.5. The summed E-state index contributed by atoms with van der Waals surface area (Å²) in [6.07, 6.45) is 2.75. The minimum absolute atomic E-state index is 0.0698. The first kappa shape index (κ1) is 17.2. The average Bonchev–Trinajstić information content (AvgIpc) is 3.18. The van der Waals surface area contributed by atoms with Crippen LogP contribution in [0.3, 0.4) is 0 Å². The lowest BCUT2D eigenvalue weighted by atomic mass is 10.1. The predicted octanol–water partition coefficient (Wildman–Crippen LogP) is 1.70. The second-order valence-corrected chi connectivity index (χ2v) is 8.57. The van der Waals surface area contributed by atoms with Crippen LogP contribution in [0.25, 0.3) is 0 Å². The van der Waals surface area contributed by atoms with Crippen LogP contribution < -0.4 is 9.62 Å². The number of benzene rings is 1. The molecule has 2 aliphatic rings. The summed E-state index contributed by atoms with van der Waals surface area (Å²) >= 11 is 0. The number of fused-ring (bicyclic) bond motifs is 1. The number of carbonyl (C=O) groups is 1. The summed E-state index contributed by atoms with van der Waals surface area (Å²) in [6, 6.07) is 5.13. The third kappa shape index (κ3) is 3.28. The van der Waals surface area contributed by atoms with Gasteiger partial charge in [-0.1, -0.05) is 0 Å². The van der Waals surface area contributed by atoms with E-state index in [1.165, 1.54) is 4.31 Å². The topological polar surface area (TPSA) is 75.7 Å². The quantitative estimate of drug-likeness (QED) is 0.875. The Hall–Kier alpha value is -1.60. The first-order valence-electron chi connectivity index (χ1n) is 8.47. The third-order valence-corrected chi connectivity index (χ3v) is 6.56. The first-order chi connectivity index (χ1) is 11.4. The molecular weight excluding hydrogens is 328 g/mol. The Morgan fingerprint density at radius 2 is 2.21 bits per heavy atom. The van der Waals surface area contributed by atoms with E-state index < -0.39 is 10.0 Å². The summed E-state index contributed by atoms with van der Waals surface area (Å²) in [5.74, 6) is -0.0711. The molecule has 1 saturated heterocycles. The molecule has 24 heavy (non-hydrogen) atoms. The molecule has 2 heterocycles. The fourth-order valence-corrected chi connectivity index (χ4v) is 4.80. The van der Waals surface area contributed by atoms with Crippen LogP contribution in [0.15, 0.2) is 18.2 Å². The first-order valence-corrected chi connectivity index (χ1v) is 10.1. The molecule has 0 spiro atoms. The second-order valence-electron chi connectivity index (χ2n) is 6.44. The van der Waals surface area contributed by atoms with Crippen LogP contribution in [0, 0.1) is 0 Å². The number of nitrogens with one attached hydrogen (secondary N) is 1. The molecule has 0 aromatic heterocycles. The lowest BCUT2D eigenvalue weighted by Crippen LogP contribution is -2.36. The SMILES string of the molecule is CCS(=O)(=O)N1c2ccc(C(=O)NC[C@@H]3CCCO3)cc2C[C@@H]1C. The molecule has 0 aliphatic carbocycles. The van der Waals surface area contributed by atoms with E-state index in [1.807, 2.05) is 13.0 Å². The van der Waals surface area contributed by atoms with Gasteiger partial charge in [0.25, 0.3) is 5.91 Å². The number of nitrogens with zero attached hydrogens (tertiary/aromatic N) is 1. The van der Waals surface area contributed by atoms with Gasteiger partial charge in [0.15, 0.2) is 0 Å². The van der Waals surface area contributed by atoms with Gasteiger partial charge in [-0.25, -0.2) is 8.42 Å². The molecule has 7 heteroatoms. The van der Waals surface area contributed by atoms with Gasteiger partial charge in [-0.2, -0.15) is 0 Å². The molecule has 2 aliphatic heterocycles. The predicted molar refractivity (Wildman–Crippen MR) is 92.9 cm³/mol. The summed E-state index contributed by atoms with van der Waals surface area (Å²) in [5.41, 5.74) is 2.17. The van der Waals surface area contributed by atoms with Crippen molar-refractivity contribution in [3.63, 3.8) is 0 Å². The van der Waals surface area contributed by atoms with E-state index >= 15 is 0 Å². The number of hydrogen-bond acceptors (Lipinski definition) is 4. The van der Waals surface area contributed by atoms with Gasteiger partial charge >= 0.3 is 0 Å². The maximum absolute atomic E-state index is 12.3. The number of sulfonamides is 1. The van der Waals surface area contributed by atoms with Crippen molar-refractivity contribution in [3.8, 4) is 0 Å². The lowest BCUT2D eigenvalue weighted by molar-refractivity contribution is 0.0857. The smallest absolute Gasteiger partial charge is 0.251 e. The largest absolute Gasteiger partial charge is 0.376 e. The van der Waals surface area contributed by atoms with E-state index in [4.69, 9.17) is 4.74 Å². The van der Waals surface area contributed by atoms with Crippen LogP contribution in [0.2, 0.25) is 0 Å². The number of ether oxygens (including phenoxy) is 1. The summed E-state index contributed by atoms with van der Waals surface area (Å²) in [5, 5.41) is 2.90. The molecule has 132 valence electrons. The number of rotatable bonds is 5. The van der Waals surface area contributed by atoms with E-state index in [2.05, 4.69) is 5.32 Å². The van der Waals surface area contributed by atoms with Crippen LogP contribution in [-0.2, 0) is 21.2 Å². The number of carbonyl (C=O) groups excluding carboxylic acids is 1. The molecule has 0 bridgehead atoms. The molecule has 6 nitrogen and oxygen atoms in total. The van der Waals surface area contributed by atoms with Gasteiger partial charge < -0.3 is 10.1 Å². The van der Waals surface area contributed by atoms with Crippen molar-refractivity contribution < 1.29 is 17.9 Å². The minimum Gasteiger partial charge on any atom is -0.376 e. The van der Waals surface area contributed by atoms with Crippen LogP contribution in [0.1, 0.15) is 42.6 Å². The highest BCUT2D eigenvalue weighted by Gasteiger charge is 2.34. The van der Waals surface area contributed by atoms with Gasteiger partial charge in [-0.3, -0.25) is 9.10 Å². The average molecular weight is 352 g/mol. The van der Waals surface area contributed by atoms with E-state index in [9.17, 15) is 13.2 Å². The van der Waals surface area contributed by atoms with Crippen molar-refractivity contribution in [1.29, 1.82) is 0 Å². The summed E-state index contributed by atoms with van der Waals surface area (Å²) in [7, 11) is -3.30. The van der Waals surface area contributed by atoms with Crippen molar-refractivity contribution in [3.05, 3.63) is 29.3 Å². The molecule has 1 fully saturated rings. The van der Waals surface area contributed by atoms with E-state index in [0.29, 0.717) is 24.2 Å². The van der Waals surface area contributed by atoms with Crippen LogP contribution in [-0.4, -0.2) is 45.4 Å². The van der Waals surface area contributed by atoms with Crippen LogP contribution >= 0.6 is 0 Å². The highest BCUT2D eigenvalue weighted by Crippen LogP contribution is 2.35.